The fourth-order valence-corrected chi connectivity index (χ4v) is 2.13. The van der Waals surface area contributed by atoms with Gasteiger partial charge in [0.1, 0.15) is 5.78 Å². The molecule has 0 aromatic heterocycles. The number of ketones is 1. The Hall–Kier alpha value is -2.31. The fourth-order valence-electron chi connectivity index (χ4n) is 2.13. The van der Waals surface area contributed by atoms with Gasteiger partial charge in [-0.15, -0.1) is 0 Å². The van der Waals surface area contributed by atoms with E-state index in [1.54, 1.807) is 19.9 Å². The van der Waals surface area contributed by atoms with Crippen molar-refractivity contribution in [3.8, 4) is 0 Å². The molecule has 0 bridgehead atoms. The van der Waals surface area contributed by atoms with Gasteiger partial charge in [-0.1, -0.05) is 26.0 Å². The molecule has 0 fully saturated rings. The molecule has 0 radical (unpaired) electrons. The average molecular weight is 280 g/mol. The highest BCUT2D eigenvalue weighted by Crippen LogP contribution is 2.28. The molecular weight excluding hydrogens is 264 g/mol. The van der Waals surface area contributed by atoms with Crippen molar-refractivity contribution in [2.24, 2.45) is 5.92 Å². The van der Waals surface area contributed by atoms with Gasteiger partial charge in [-0.2, -0.15) is 0 Å². The zero-order chi connectivity index (χ0) is 15.3. The Morgan fingerprint density at radius 2 is 1.95 bits per heavy atom. The van der Waals surface area contributed by atoms with Crippen LogP contribution in [-0.2, 0) is 4.79 Å². The van der Waals surface area contributed by atoms with Gasteiger partial charge in [0.2, 0.25) is 6.54 Å². The third-order valence-electron chi connectivity index (χ3n) is 3.31. The number of Topliss-reactive ketones (excluding diaryl/α,β-unsaturated/α-hetero) is 1. The maximum absolute atomic E-state index is 11.8. The zero-order valence-electron chi connectivity index (χ0n) is 11.3. The van der Waals surface area contributed by atoms with Crippen molar-refractivity contribution in [3.63, 3.8) is 0 Å². The van der Waals surface area contributed by atoms with Crippen molar-refractivity contribution in [1.82, 2.24) is 0 Å². The van der Waals surface area contributed by atoms with Gasteiger partial charge >= 0.3 is 0 Å². The number of hydrogen-bond donors (Lipinski definition) is 0. The molecule has 20 heavy (non-hydrogen) atoms. The molecule has 0 aliphatic heterocycles. The van der Waals surface area contributed by atoms with Gasteiger partial charge < -0.3 is 0 Å². The maximum atomic E-state index is 11.8. The van der Waals surface area contributed by atoms with Crippen molar-refractivity contribution in [2.75, 3.05) is 6.54 Å². The van der Waals surface area contributed by atoms with Crippen LogP contribution in [0, 0.1) is 26.1 Å². The van der Waals surface area contributed by atoms with Gasteiger partial charge in [0.25, 0.3) is 5.69 Å². The Kier molecular flexibility index (Phi) is 5.31. The predicted molar refractivity (Wildman–Crippen MR) is 72.2 cm³/mol. The number of rotatable bonds is 7. The summed E-state index contributed by atoms with van der Waals surface area (Å²) in [7, 11) is 0. The quantitative estimate of drug-likeness (QED) is 0.564. The molecule has 0 unspecified atom stereocenters. The number of benzene rings is 1. The largest absolute Gasteiger partial charge is 0.299 e. The average Bonchev–Trinajstić information content (AvgIpc) is 2.43. The summed E-state index contributed by atoms with van der Waals surface area (Å²) in [6.45, 7) is 2.89. The van der Waals surface area contributed by atoms with Crippen LogP contribution in [0.15, 0.2) is 24.3 Å². The van der Waals surface area contributed by atoms with E-state index in [0.717, 1.165) is 0 Å². The molecule has 0 spiro atoms. The third kappa shape index (κ3) is 3.84. The van der Waals surface area contributed by atoms with Crippen LogP contribution in [0.5, 0.6) is 0 Å². The van der Waals surface area contributed by atoms with Crippen LogP contribution in [0.25, 0.3) is 0 Å². The van der Waals surface area contributed by atoms with Crippen LogP contribution < -0.4 is 0 Å². The van der Waals surface area contributed by atoms with Crippen molar-refractivity contribution in [1.29, 1.82) is 0 Å². The zero-order valence-corrected chi connectivity index (χ0v) is 11.3. The topological polar surface area (TPSA) is 103 Å². The van der Waals surface area contributed by atoms with E-state index in [1.807, 2.05) is 0 Å². The summed E-state index contributed by atoms with van der Waals surface area (Å²) in [5, 5.41) is 21.5. The van der Waals surface area contributed by atoms with Crippen LogP contribution in [0.3, 0.4) is 0 Å². The van der Waals surface area contributed by atoms with Gasteiger partial charge in [0.05, 0.1) is 10.8 Å². The molecule has 0 aliphatic carbocycles. The van der Waals surface area contributed by atoms with Crippen LogP contribution in [0.1, 0.15) is 31.7 Å². The van der Waals surface area contributed by atoms with Crippen LogP contribution >= 0.6 is 0 Å². The van der Waals surface area contributed by atoms with Crippen molar-refractivity contribution >= 4 is 11.5 Å². The highest BCUT2D eigenvalue weighted by molar-refractivity contribution is 5.81. The lowest BCUT2D eigenvalue weighted by Gasteiger charge is -2.19. The van der Waals surface area contributed by atoms with E-state index in [-0.39, 0.29) is 17.9 Å². The summed E-state index contributed by atoms with van der Waals surface area (Å²) in [5.41, 5.74) is 0.317. The Morgan fingerprint density at radius 1 is 1.30 bits per heavy atom. The monoisotopic (exact) mass is 280 g/mol. The molecule has 0 N–H and O–H groups in total. The second-order valence-electron chi connectivity index (χ2n) is 4.58. The van der Waals surface area contributed by atoms with E-state index >= 15 is 0 Å². The first-order chi connectivity index (χ1) is 9.36. The molecule has 1 rings (SSSR count). The fraction of sp³-hybridized carbons (Fsp3) is 0.462. The number of carbonyl (C=O) groups excluding carboxylic acids is 1. The highest BCUT2D eigenvalue weighted by atomic mass is 16.6. The second kappa shape index (κ2) is 6.74. The number of non-ortho nitro benzene ring substituents is 1. The van der Waals surface area contributed by atoms with Crippen LogP contribution in [0.2, 0.25) is 0 Å². The van der Waals surface area contributed by atoms with Gasteiger partial charge in [-0.25, -0.2) is 0 Å². The molecule has 1 aromatic carbocycles. The highest BCUT2D eigenvalue weighted by Gasteiger charge is 2.29. The smallest absolute Gasteiger partial charge is 0.269 e. The van der Waals surface area contributed by atoms with Gasteiger partial charge in [0.15, 0.2) is 0 Å². The first-order valence-electron chi connectivity index (χ1n) is 6.25. The van der Waals surface area contributed by atoms with Crippen molar-refractivity contribution in [3.05, 3.63) is 50.1 Å². The van der Waals surface area contributed by atoms with Gasteiger partial charge in [-0.3, -0.25) is 25.0 Å². The molecule has 1 aromatic rings. The molecule has 0 saturated carbocycles. The Balaban J connectivity index is 3.16. The molecule has 0 aliphatic rings. The standard InChI is InChI=1S/C13H16N2O5/c1-3-13(16)9(2)12(8-14(17)18)10-5-4-6-11(7-10)15(19)20/h4-7,9,12H,3,8H2,1-2H3/t9-,12+/m0/s1. The summed E-state index contributed by atoms with van der Waals surface area (Å²) in [6.07, 6.45) is 0.282. The van der Waals surface area contributed by atoms with Crippen LogP contribution in [-0.4, -0.2) is 22.2 Å². The minimum absolute atomic E-state index is 0.0941. The molecule has 108 valence electrons. The summed E-state index contributed by atoms with van der Waals surface area (Å²) >= 11 is 0. The van der Waals surface area contributed by atoms with Crippen molar-refractivity contribution in [2.45, 2.75) is 26.2 Å². The SMILES string of the molecule is CCC(=O)[C@@H](C)[C@@H](C[N+](=O)[O-])c1cccc([N+](=O)[O-])c1. The number of carbonyl (C=O) groups is 1. The third-order valence-corrected chi connectivity index (χ3v) is 3.31. The van der Waals surface area contributed by atoms with E-state index in [1.165, 1.54) is 18.2 Å². The Morgan fingerprint density at radius 3 is 2.45 bits per heavy atom. The lowest BCUT2D eigenvalue weighted by Crippen LogP contribution is -2.25. The molecule has 0 heterocycles. The minimum atomic E-state index is -0.655. The first-order valence-corrected chi connectivity index (χ1v) is 6.25. The summed E-state index contributed by atoms with van der Waals surface area (Å²) in [4.78, 5) is 32.3. The van der Waals surface area contributed by atoms with Crippen LogP contribution in [0.4, 0.5) is 5.69 Å². The first kappa shape index (κ1) is 15.7. The minimum Gasteiger partial charge on any atom is -0.299 e. The van der Waals surface area contributed by atoms with E-state index in [2.05, 4.69) is 0 Å². The molecular formula is C13H16N2O5. The van der Waals surface area contributed by atoms with E-state index in [4.69, 9.17) is 0 Å². The van der Waals surface area contributed by atoms with Gasteiger partial charge in [-0.05, 0) is 5.56 Å². The number of nitro groups is 2. The normalized spacial score (nSPS) is 13.5. The maximum Gasteiger partial charge on any atom is 0.269 e. The predicted octanol–water partition coefficient (Wildman–Crippen LogP) is 2.57. The van der Waals surface area contributed by atoms with E-state index in [9.17, 15) is 25.0 Å². The Labute approximate surface area is 115 Å². The Bertz CT molecular complexity index is 529. The van der Waals surface area contributed by atoms with E-state index < -0.39 is 28.2 Å². The summed E-state index contributed by atoms with van der Waals surface area (Å²) in [6, 6.07) is 5.68. The number of nitrogens with zero attached hydrogens (tertiary/aromatic N) is 2. The molecule has 0 amide bonds. The number of hydrogen-bond acceptors (Lipinski definition) is 5. The lowest BCUT2D eigenvalue weighted by molar-refractivity contribution is -0.484. The molecule has 7 heteroatoms. The molecule has 7 nitrogen and oxygen atoms in total. The lowest BCUT2D eigenvalue weighted by atomic mass is 9.83. The van der Waals surface area contributed by atoms with Crippen molar-refractivity contribution < 1.29 is 14.6 Å². The second-order valence-corrected chi connectivity index (χ2v) is 4.58. The molecule has 2 atom stereocenters. The number of nitro benzene ring substituents is 1. The summed E-state index contributed by atoms with van der Waals surface area (Å²) in [5.74, 6) is -1.30. The van der Waals surface area contributed by atoms with Gasteiger partial charge in [0, 0.05) is 29.4 Å². The van der Waals surface area contributed by atoms with E-state index in [0.29, 0.717) is 5.56 Å². The molecule has 0 saturated heterocycles. The summed E-state index contributed by atoms with van der Waals surface area (Å²) < 4.78 is 0.